The quantitative estimate of drug-likeness (QED) is 0.866. The third-order valence-electron chi connectivity index (χ3n) is 2.79. The Morgan fingerprint density at radius 3 is 2.90 bits per heavy atom. The van der Waals surface area contributed by atoms with Crippen molar-refractivity contribution in [2.45, 2.75) is 13.5 Å². The van der Waals surface area contributed by atoms with E-state index < -0.39 is 0 Å². The van der Waals surface area contributed by atoms with Crippen molar-refractivity contribution >= 4 is 17.5 Å². The number of aromatic nitrogens is 2. The minimum Gasteiger partial charge on any atom is -0.494 e. The van der Waals surface area contributed by atoms with E-state index in [-0.39, 0.29) is 12.5 Å². The molecule has 0 N–H and O–H groups in total. The number of hydrogen-bond donors (Lipinski definition) is 0. The van der Waals surface area contributed by atoms with Crippen molar-refractivity contribution in [2.24, 2.45) is 0 Å². The van der Waals surface area contributed by atoms with Gasteiger partial charge in [-0.1, -0.05) is 22.8 Å². The lowest BCUT2D eigenvalue weighted by Crippen LogP contribution is -2.23. The Balaban J connectivity index is 2.29. The normalized spacial score (nSPS) is 10.4. The Kier molecular flexibility index (Phi) is 4.24. The predicted octanol–water partition coefficient (Wildman–Crippen LogP) is 2.38. The van der Waals surface area contributed by atoms with Crippen LogP contribution in [0.4, 0.5) is 0 Å². The summed E-state index contributed by atoms with van der Waals surface area (Å²) >= 11 is 6.05. The monoisotopic (exact) mass is 295 g/mol. The van der Waals surface area contributed by atoms with Gasteiger partial charge in [-0.3, -0.25) is 4.79 Å². The van der Waals surface area contributed by atoms with Crippen LogP contribution in [0.1, 0.15) is 12.8 Å². The fourth-order valence-corrected chi connectivity index (χ4v) is 1.89. The highest BCUT2D eigenvalue weighted by Gasteiger charge is 2.16. The molecule has 0 fully saturated rings. The summed E-state index contributed by atoms with van der Waals surface area (Å²) in [5, 5.41) is 4.36. The second kappa shape index (κ2) is 5.92. The second-order valence-electron chi connectivity index (χ2n) is 4.21. The number of ether oxygens (including phenoxy) is 1. The first-order valence-electron chi connectivity index (χ1n) is 5.90. The Morgan fingerprint density at radius 2 is 2.25 bits per heavy atom. The Labute approximate surface area is 121 Å². The number of nitrogens with zero attached hydrogens (tertiary/aromatic N) is 3. The van der Waals surface area contributed by atoms with Crippen molar-refractivity contribution in [3.8, 4) is 17.1 Å². The minimum absolute atomic E-state index is 0.0786. The van der Waals surface area contributed by atoms with E-state index in [9.17, 15) is 4.79 Å². The number of rotatable bonds is 4. The Morgan fingerprint density at radius 1 is 1.50 bits per heavy atom. The fraction of sp³-hybridized carbons (Fsp3) is 0.308. The zero-order valence-electron chi connectivity index (χ0n) is 11.4. The van der Waals surface area contributed by atoms with Crippen LogP contribution in [0.3, 0.4) is 0 Å². The van der Waals surface area contributed by atoms with E-state index in [0.717, 1.165) is 0 Å². The van der Waals surface area contributed by atoms with Crippen molar-refractivity contribution in [1.82, 2.24) is 15.0 Å². The van der Waals surface area contributed by atoms with Crippen LogP contribution in [0.5, 0.6) is 5.75 Å². The van der Waals surface area contributed by atoms with Gasteiger partial charge < -0.3 is 14.2 Å². The average molecular weight is 296 g/mol. The third-order valence-corrected chi connectivity index (χ3v) is 3.09. The minimum atomic E-state index is -0.0786. The summed E-state index contributed by atoms with van der Waals surface area (Å²) in [6, 6.07) is 5.28. The van der Waals surface area contributed by atoms with Gasteiger partial charge in [-0.2, -0.15) is 4.98 Å². The molecule has 1 aromatic heterocycles. The Bertz CT molecular complexity index is 627. The van der Waals surface area contributed by atoms with E-state index in [1.54, 1.807) is 25.2 Å². The van der Waals surface area contributed by atoms with Gasteiger partial charge in [-0.25, -0.2) is 0 Å². The number of benzene rings is 1. The summed E-state index contributed by atoms with van der Waals surface area (Å²) in [4.78, 5) is 16.9. The van der Waals surface area contributed by atoms with E-state index in [4.69, 9.17) is 20.9 Å². The zero-order valence-corrected chi connectivity index (χ0v) is 12.1. The second-order valence-corrected chi connectivity index (χ2v) is 4.61. The van der Waals surface area contributed by atoms with Gasteiger partial charge in [0.15, 0.2) is 0 Å². The van der Waals surface area contributed by atoms with Gasteiger partial charge in [0.2, 0.25) is 17.6 Å². The van der Waals surface area contributed by atoms with Crippen LogP contribution < -0.4 is 4.74 Å². The van der Waals surface area contributed by atoms with Gasteiger partial charge in [0.25, 0.3) is 0 Å². The molecular formula is C13H14ClN3O3. The maximum absolute atomic E-state index is 11.2. The van der Waals surface area contributed by atoms with Crippen LogP contribution in [0.2, 0.25) is 5.02 Å². The molecule has 106 valence electrons. The van der Waals surface area contributed by atoms with E-state index in [2.05, 4.69) is 10.1 Å². The molecule has 0 radical (unpaired) electrons. The number of halogens is 1. The lowest BCUT2D eigenvalue weighted by atomic mass is 10.2. The molecule has 0 aliphatic carbocycles. The van der Waals surface area contributed by atoms with Crippen molar-refractivity contribution in [1.29, 1.82) is 0 Å². The predicted molar refractivity (Wildman–Crippen MR) is 73.4 cm³/mol. The highest BCUT2D eigenvalue weighted by atomic mass is 35.5. The first-order chi connectivity index (χ1) is 9.52. The van der Waals surface area contributed by atoms with E-state index in [1.807, 2.05) is 0 Å². The molecule has 1 amide bonds. The molecule has 0 spiro atoms. The molecule has 0 unspecified atom stereocenters. The number of para-hydroxylation sites is 1. The van der Waals surface area contributed by atoms with Crippen LogP contribution >= 0.6 is 11.6 Å². The molecule has 0 saturated heterocycles. The van der Waals surface area contributed by atoms with E-state index in [1.165, 1.54) is 18.9 Å². The van der Waals surface area contributed by atoms with Gasteiger partial charge >= 0.3 is 0 Å². The van der Waals surface area contributed by atoms with Crippen molar-refractivity contribution in [3.63, 3.8) is 0 Å². The van der Waals surface area contributed by atoms with E-state index in [0.29, 0.717) is 28.1 Å². The SMILES string of the molecule is COc1c(Cl)cccc1-c1noc(CN(C)C(C)=O)n1. The average Bonchev–Trinajstić information content (AvgIpc) is 2.86. The molecular weight excluding hydrogens is 282 g/mol. The van der Waals surface area contributed by atoms with Crippen molar-refractivity contribution in [3.05, 3.63) is 29.1 Å². The summed E-state index contributed by atoms with van der Waals surface area (Å²) in [6.07, 6.45) is 0. The summed E-state index contributed by atoms with van der Waals surface area (Å²) in [6.45, 7) is 1.72. The number of carbonyl (C=O) groups excluding carboxylic acids is 1. The van der Waals surface area contributed by atoms with Crippen LogP contribution in [-0.2, 0) is 11.3 Å². The zero-order chi connectivity index (χ0) is 14.7. The summed E-state index contributed by atoms with van der Waals surface area (Å²) < 4.78 is 10.4. The molecule has 0 aliphatic rings. The topological polar surface area (TPSA) is 68.5 Å². The van der Waals surface area contributed by atoms with Gasteiger partial charge in [0, 0.05) is 14.0 Å². The number of hydrogen-bond acceptors (Lipinski definition) is 5. The maximum atomic E-state index is 11.2. The van der Waals surface area contributed by atoms with Gasteiger partial charge in [0.1, 0.15) is 5.75 Å². The largest absolute Gasteiger partial charge is 0.494 e. The van der Waals surface area contributed by atoms with Crippen LogP contribution in [0, 0.1) is 0 Å². The number of carbonyl (C=O) groups is 1. The summed E-state index contributed by atoms with van der Waals surface area (Å²) in [5.74, 6) is 1.13. The maximum Gasteiger partial charge on any atom is 0.246 e. The lowest BCUT2D eigenvalue weighted by molar-refractivity contribution is -0.128. The highest BCUT2D eigenvalue weighted by Crippen LogP contribution is 2.34. The van der Waals surface area contributed by atoms with Gasteiger partial charge in [-0.15, -0.1) is 0 Å². The van der Waals surface area contributed by atoms with Gasteiger partial charge in [0.05, 0.1) is 24.2 Å². The molecule has 1 heterocycles. The number of methoxy groups -OCH3 is 1. The Hall–Kier alpha value is -2.08. The van der Waals surface area contributed by atoms with E-state index >= 15 is 0 Å². The molecule has 6 nitrogen and oxygen atoms in total. The van der Waals surface area contributed by atoms with Crippen molar-refractivity contribution < 1.29 is 14.1 Å². The summed E-state index contributed by atoms with van der Waals surface area (Å²) in [5.41, 5.74) is 0.639. The molecule has 1 aromatic carbocycles. The van der Waals surface area contributed by atoms with Crippen LogP contribution in [-0.4, -0.2) is 35.1 Å². The van der Waals surface area contributed by atoms with Crippen molar-refractivity contribution in [2.75, 3.05) is 14.2 Å². The molecule has 2 rings (SSSR count). The molecule has 20 heavy (non-hydrogen) atoms. The molecule has 0 atom stereocenters. The smallest absolute Gasteiger partial charge is 0.246 e. The van der Waals surface area contributed by atoms with Gasteiger partial charge in [-0.05, 0) is 12.1 Å². The molecule has 0 bridgehead atoms. The fourth-order valence-electron chi connectivity index (χ4n) is 1.64. The highest BCUT2D eigenvalue weighted by molar-refractivity contribution is 6.32. The first kappa shape index (κ1) is 14.3. The third kappa shape index (κ3) is 2.91. The molecule has 0 saturated carbocycles. The number of amides is 1. The molecule has 7 heteroatoms. The standard InChI is InChI=1S/C13H14ClN3O3/c1-8(18)17(2)7-11-15-13(16-20-11)9-5-4-6-10(14)12(9)19-3/h4-6H,7H2,1-3H3. The molecule has 2 aromatic rings. The van der Waals surface area contributed by atoms with Crippen LogP contribution in [0.25, 0.3) is 11.4 Å². The molecule has 0 aliphatic heterocycles. The summed E-state index contributed by atoms with van der Waals surface area (Å²) in [7, 11) is 3.18. The first-order valence-corrected chi connectivity index (χ1v) is 6.28. The van der Waals surface area contributed by atoms with Crippen LogP contribution in [0.15, 0.2) is 22.7 Å². The lowest BCUT2D eigenvalue weighted by Gasteiger charge is -2.10.